The second-order valence-corrected chi connectivity index (χ2v) is 13.8. The number of thioether (sulfide) groups is 1. The van der Waals surface area contributed by atoms with E-state index in [1.54, 1.807) is 12.7 Å². The number of hydrogen-bond donors (Lipinski definition) is 2. The molecule has 0 amide bonds. The van der Waals surface area contributed by atoms with Gasteiger partial charge < -0.3 is 9.97 Å². The lowest BCUT2D eigenvalue weighted by Crippen LogP contribution is -2.35. The molecule has 0 spiro atoms. The van der Waals surface area contributed by atoms with Gasteiger partial charge in [0.1, 0.15) is 29.4 Å². The van der Waals surface area contributed by atoms with Crippen molar-refractivity contribution in [1.82, 2.24) is 49.5 Å². The summed E-state index contributed by atoms with van der Waals surface area (Å²) in [7, 11) is 0. The number of H-pyrrole nitrogens is 2. The minimum atomic E-state index is -0.143. The molecule has 2 saturated carbocycles. The predicted molar refractivity (Wildman–Crippen MR) is 178 cm³/mol. The van der Waals surface area contributed by atoms with E-state index in [0.717, 1.165) is 95.9 Å². The lowest BCUT2D eigenvalue weighted by atomic mass is 9.72. The summed E-state index contributed by atoms with van der Waals surface area (Å²) >= 11 is 1.32. The number of rotatable bonds is 8. The number of fused-ring (bicyclic) bond motifs is 2. The van der Waals surface area contributed by atoms with Crippen LogP contribution in [0.4, 0.5) is 0 Å². The molecule has 0 aliphatic heterocycles. The highest BCUT2D eigenvalue weighted by Crippen LogP contribution is 2.46. The number of nitriles is 2. The van der Waals surface area contributed by atoms with Crippen molar-refractivity contribution in [2.45, 2.75) is 68.7 Å². The van der Waals surface area contributed by atoms with E-state index in [1.165, 1.54) is 11.8 Å². The molecule has 0 aromatic carbocycles. The predicted octanol–water partition coefficient (Wildman–Crippen LogP) is 6.84. The van der Waals surface area contributed by atoms with Gasteiger partial charge in [0.2, 0.25) is 0 Å². The second-order valence-electron chi connectivity index (χ2n) is 12.8. The SMILES string of the molecule is N#CSC(C1CCC(n2cc(-c3ncnc4[nH]ccc34)cn2)CC1)C(C#N)C1CCC(n2cc(-c3ncnc4[nH]ccc34)cn2)CC1. The standard InChI is InChI=1S/C34H34N12S/c35-13-29(21-1-5-25(6-2-21)45-16-23(14-43-45)30-27-9-11-37-33(27)41-19-39-30)32(47-18-36)22-3-7-26(8-4-22)46-17-24(15-44-46)31-28-10-12-38-34(28)42-20-40-31/h9-12,14-17,19-22,25-26,29,32H,1-8H2,(H,37,39,41)(H,38,40,42). The van der Waals surface area contributed by atoms with Crippen LogP contribution in [0, 0.1) is 39.7 Å². The Hall–Kier alpha value is -5.01. The average molecular weight is 643 g/mol. The highest BCUT2D eigenvalue weighted by molar-refractivity contribution is 8.04. The Labute approximate surface area is 275 Å². The monoisotopic (exact) mass is 642 g/mol. The molecule has 0 bridgehead atoms. The van der Waals surface area contributed by atoms with Gasteiger partial charge in [-0.1, -0.05) is 0 Å². The summed E-state index contributed by atoms with van der Waals surface area (Å²) in [6.45, 7) is 0. The minimum Gasteiger partial charge on any atom is -0.346 e. The number of aromatic amines is 2. The molecule has 8 rings (SSSR count). The van der Waals surface area contributed by atoms with Crippen LogP contribution in [0.25, 0.3) is 44.6 Å². The fourth-order valence-corrected chi connectivity index (χ4v) is 8.93. The van der Waals surface area contributed by atoms with Gasteiger partial charge in [0.15, 0.2) is 0 Å². The third-order valence-electron chi connectivity index (χ3n) is 10.4. The molecule has 6 aromatic heterocycles. The van der Waals surface area contributed by atoms with Crippen molar-refractivity contribution in [2.75, 3.05) is 0 Å². The Morgan fingerprint density at radius 3 is 1.70 bits per heavy atom. The molecule has 236 valence electrons. The van der Waals surface area contributed by atoms with Crippen LogP contribution in [0.1, 0.15) is 63.5 Å². The highest BCUT2D eigenvalue weighted by Gasteiger charge is 2.39. The van der Waals surface area contributed by atoms with E-state index in [1.807, 2.05) is 36.9 Å². The zero-order valence-electron chi connectivity index (χ0n) is 25.8. The summed E-state index contributed by atoms with van der Waals surface area (Å²) in [6, 6.07) is 7.25. The highest BCUT2D eigenvalue weighted by atomic mass is 32.2. The van der Waals surface area contributed by atoms with Gasteiger partial charge in [-0.25, -0.2) is 19.9 Å². The Balaban J connectivity index is 0.902. The zero-order chi connectivity index (χ0) is 31.7. The molecule has 13 heteroatoms. The van der Waals surface area contributed by atoms with Gasteiger partial charge in [0, 0.05) is 51.9 Å². The number of thiocyanates is 1. The van der Waals surface area contributed by atoms with Gasteiger partial charge in [-0.3, -0.25) is 9.36 Å². The van der Waals surface area contributed by atoms with Crippen LogP contribution >= 0.6 is 11.8 Å². The van der Waals surface area contributed by atoms with Crippen LogP contribution in [0.5, 0.6) is 0 Å². The van der Waals surface area contributed by atoms with Gasteiger partial charge in [0.25, 0.3) is 0 Å². The van der Waals surface area contributed by atoms with Crippen LogP contribution < -0.4 is 0 Å². The zero-order valence-corrected chi connectivity index (χ0v) is 26.6. The molecular formula is C34H34N12S. The fourth-order valence-electron chi connectivity index (χ4n) is 7.92. The molecule has 12 nitrogen and oxygen atoms in total. The maximum Gasteiger partial charge on any atom is 0.141 e. The minimum absolute atomic E-state index is 0.0152. The summed E-state index contributed by atoms with van der Waals surface area (Å²) in [5.41, 5.74) is 5.35. The number of aromatic nitrogens is 10. The summed E-state index contributed by atoms with van der Waals surface area (Å²) in [5.74, 6) is 0.473. The lowest BCUT2D eigenvalue weighted by Gasteiger charge is -2.38. The fraction of sp³-hybridized carbons (Fsp3) is 0.412. The molecule has 6 aromatic rings. The molecule has 2 N–H and O–H groups in total. The topological polar surface area (TPSA) is 166 Å². The van der Waals surface area contributed by atoms with Gasteiger partial charge >= 0.3 is 0 Å². The van der Waals surface area contributed by atoms with E-state index in [-0.39, 0.29) is 23.1 Å². The van der Waals surface area contributed by atoms with Crippen molar-refractivity contribution in [1.29, 1.82) is 10.5 Å². The summed E-state index contributed by atoms with van der Waals surface area (Å²) in [5, 5.41) is 34.0. The van der Waals surface area contributed by atoms with Crippen LogP contribution in [0.2, 0.25) is 0 Å². The van der Waals surface area contributed by atoms with Crippen molar-refractivity contribution >= 4 is 33.8 Å². The first-order valence-electron chi connectivity index (χ1n) is 16.3. The van der Waals surface area contributed by atoms with E-state index in [0.29, 0.717) is 12.0 Å². The first kappa shape index (κ1) is 29.4. The molecule has 2 aliphatic carbocycles. The Kier molecular flexibility index (Phi) is 7.91. The quantitative estimate of drug-likeness (QED) is 0.169. The Bertz CT molecular complexity index is 2080. The van der Waals surface area contributed by atoms with Crippen LogP contribution in [0.3, 0.4) is 0 Å². The van der Waals surface area contributed by atoms with Gasteiger partial charge in [-0.05, 0) is 87.1 Å². The molecular weight excluding hydrogens is 609 g/mol. The van der Waals surface area contributed by atoms with Crippen LogP contribution in [0.15, 0.2) is 62.0 Å². The normalized spacial score (nSPS) is 22.9. The molecule has 47 heavy (non-hydrogen) atoms. The average Bonchev–Trinajstić information content (AvgIpc) is 3.95. The molecule has 2 atom stereocenters. The summed E-state index contributed by atoms with van der Waals surface area (Å²) in [6.07, 6.45) is 22.6. The van der Waals surface area contributed by atoms with E-state index < -0.39 is 0 Å². The van der Waals surface area contributed by atoms with Gasteiger partial charge in [-0.15, -0.1) is 0 Å². The molecule has 2 fully saturated rings. The Morgan fingerprint density at radius 1 is 0.702 bits per heavy atom. The second kappa shape index (κ2) is 12.6. The molecule has 6 heterocycles. The summed E-state index contributed by atoms with van der Waals surface area (Å²) < 4.78 is 4.15. The molecule has 2 aliphatic rings. The molecule has 2 unspecified atom stereocenters. The van der Waals surface area contributed by atoms with E-state index in [9.17, 15) is 10.5 Å². The van der Waals surface area contributed by atoms with Crippen LogP contribution in [-0.4, -0.2) is 54.7 Å². The van der Waals surface area contributed by atoms with E-state index in [2.05, 4.69) is 63.1 Å². The van der Waals surface area contributed by atoms with Gasteiger partial charge in [0.05, 0.1) is 47.9 Å². The van der Waals surface area contributed by atoms with Gasteiger partial charge in [-0.2, -0.15) is 20.7 Å². The van der Waals surface area contributed by atoms with Crippen molar-refractivity contribution in [2.24, 2.45) is 17.8 Å². The van der Waals surface area contributed by atoms with Crippen molar-refractivity contribution in [3.05, 3.63) is 62.0 Å². The molecule has 0 saturated heterocycles. The first-order valence-corrected chi connectivity index (χ1v) is 17.2. The Morgan fingerprint density at radius 2 is 1.21 bits per heavy atom. The summed E-state index contributed by atoms with van der Waals surface area (Å²) in [4.78, 5) is 23.9. The van der Waals surface area contributed by atoms with E-state index in [4.69, 9.17) is 10.2 Å². The van der Waals surface area contributed by atoms with E-state index >= 15 is 0 Å². The van der Waals surface area contributed by atoms with Crippen molar-refractivity contribution in [3.8, 4) is 34.0 Å². The molecule has 0 radical (unpaired) electrons. The first-order chi connectivity index (χ1) is 23.2. The maximum absolute atomic E-state index is 10.5. The largest absolute Gasteiger partial charge is 0.346 e. The van der Waals surface area contributed by atoms with Crippen molar-refractivity contribution in [3.63, 3.8) is 0 Å². The number of nitrogens with zero attached hydrogens (tertiary/aromatic N) is 10. The number of hydrogen-bond acceptors (Lipinski definition) is 9. The smallest absolute Gasteiger partial charge is 0.141 e. The maximum atomic E-state index is 10.5. The van der Waals surface area contributed by atoms with Crippen LogP contribution in [-0.2, 0) is 0 Å². The van der Waals surface area contributed by atoms with Crippen molar-refractivity contribution < 1.29 is 0 Å². The third kappa shape index (κ3) is 5.55. The third-order valence-corrected chi connectivity index (χ3v) is 11.4. The number of nitrogens with one attached hydrogen (secondary N) is 2. The lowest BCUT2D eigenvalue weighted by molar-refractivity contribution is 0.186.